The quantitative estimate of drug-likeness (QED) is 0.630. The molecule has 13 heavy (non-hydrogen) atoms. The zero-order valence-electron chi connectivity index (χ0n) is 7.83. The minimum absolute atomic E-state index is 0.154. The van der Waals surface area contributed by atoms with Crippen LogP contribution in [-0.2, 0) is 4.79 Å². The third-order valence-corrected chi connectivity index (χ3v) is 3.35. The lowest BCUT2D eigenvalue weighted by Crippen LogP contribution is -2.27. The first-order chi connectivity index (χ1) is 6.29. The fourth-order valence-corrected chi connectivity index (χ4v) is 2.71. The molecule has 2 atom stereocenters. The highest BCUT2D eigenvalue weighted by Gasteiger charge is 2.32. The van der Waals surface area contributed by atoms with E-state index in [1.807, 2.05) is 0 Å². The highest BCUT2D eigenvalue weighted by Crippen LogP contribution is 2.40. The van der Waals surface area contributed by atoms with Crippen LogP contribution in [0.15, 0.2) is 11.6 Å². The molecule has 0 saturated heterocycles. The van der Waals surface area contributed by atoms with Crippen LogP contribution in [0.1, 0.15) is 38.5 Å². The van der Waals surface area contributed by atoms with Gasteiger partial charge in [-0.05, 0) is 38.0 Å². The van der Waals surface area contributed by atoms with E-state index in [1.54, 1.807) is 0 Å². The summed E-state index contributed by atoms with van der Waals surface area (Å²) < 4.78 is 0. The van der Waals surface area contributed by atoms with Crippen molar-refractivity contribution in [3.8, 4) is 0 Å². The van der Waals surface area contributed by atoms with Gasteiger partial charge in [0.15, 0.2) is 0 Å². The first-order valence-corrected chi connectivity index (χ1v) is 5.22. The molecule has 2 rings (SSSR count). The average molecular weight is 180 g/mol. The fraction of sp³-hybridized carbons (Fsp3) is 0.727. The van der Waals surface area contributed by atoms with Crippen molar-refractivity contribution in [1.82, 2.24) is 0 Å². The second-order valence-corrected chi connectivity index (χ2v) is 4.15. The van der Waals surface area contributed by atoms with Gasteiger partial charge >= 0.3 is 5.97 Å². The second kappa shape index (κ2) is 3.52. The number of hydrogen-bond acceptors (Lipinski definition) is 1. The number of rotatable bonds is 1. The number of carbonyl (C=O) groups is 1. The van der Waals surface area contributed by atoms with Crippen LogP contribution >= 0.6 is 0 Å². The number of carboxylic acids is 1. The van der Waals surface area contributed by atoms with Crippen LogP contribution in [-0.4, -0.2) is 11.1 Å². The molecule has 0 aromatic rings. The molecule has 0 aromatic heterocycles. The summed E-state index contributed by atoms with van der Waals surface area (Å²) in [6, 6.07) is 0. The van der Waals surface area contributed by atoms with Crippen LogP contribution in [0.25, 0.3) is 0 Å². The predicted octanol–water partition coefficient (Wildman–Crippen LogP) is 2.60. The van der Waals surface area contributed by atoms with Gasteiger partial charge in [0.25, 0.3) is 0 Å². The molecule has 1 fully saturated rings. The lowest BCUT2D eigenvalue weighted by molar-refractivity contribution is -0.141. The van der Waals surface area contributed by atoms with Crippen LogP contribution < -0.4 is 0 Å². The molecule has 0 aliphatic heterocycles. The Balaban J connectivity index is 2.19. The van der Waals surface area contributed by atoms with Crippen LogP contribution in [0, 0.1) is 11.8 Å². The summed E-state index contributed by atoms with van der Waals surface area (Å²) in [6.07, 6.45) is 8.92. The lowest BCUT2D eigenvalue weighted by atomic mass is 9.72. The molecule has 72 valence electrons. The van der Waals surface area contributed by atoms with Crippen molar-refractivity contribution in [3.05, 3.63) is 11.6 Å². The molecule has 1 N–H and O–H groups in total. The molecule has 2 aliphatic rings. The van der Waals surface area contributed by atoms with Gasteiger partial charge in [-0.25, -0.2) is 0 Å². The Kier molecular flexibility index (Phi) is 2.38. The van der Waals surface area contributed by atoms with Crippen molar-refractivity contribution < 1.29 is 9.90 Å². The summed E-state index contributed by atoms with van der Waals surface area (Å²) in [5.41, 5.74) is 1.24. The Labute approximate surface area is 78.6 Å². The Morgan fingerprint density at radius 1 is 1.31 bits per heavy atom. The molecule has 0 aromatic carbocycles. The Morgan fingerprint density at radius 3 is 2.85 bits per heavy atom. The van der Waals surface area contributed by atoms with Crippen molar-refractivity contribution in [2.45, 2.75) is 38.5 Å². The molecule has 0 heterocycles. The van der Waals surface area contributed by atoms with Crippen LogP contribution in [0.3, 0.4) is 0 Å². The van der Waals surface area contributed by atoms with Gasteiger partial charge in [0.05, 0.1) is 5.92 Å². The lowest BCUT2D eigenvalue weighted by Gasteiger charge is -2.33. The number of carboxylic acid groups (broad SMARTS) is 1. The summed E-state index contributed by atoms with van der Waals surface area (Å²) in [7, 11) is 0. The smallest absolute Gasteiger partial charge is 0.310 e. The summed E-state index contributed by atoms with van der Waals surface area (Å²) in [4.78, 5) is 11.0. The van der Waals surface area contributed by atoms with E-state index in [2.05, 4.69) is 6.08 Å². The van der Waals surface area contributed by atoms with Gasteiger partial charge < -0.3 is 5.11 Å². The van der Waals surface area contributed by atoms with E-state index >= 15 is 0 Å². The molecule has 2 aliphatic carbocycles. The monoisotopic (exact) mass is 180 g/mol. The molecule has 2 unspecified atom stereocenters. The van der Waals surface area contributed by atoms with E-state index in [0.717, 1.165) is 19.3 Å². The summed E-state index contributed by atoms with van der Waals surface area (Å²) in [5.74, 6) is -0.166. The zero-order valence-corrected chi connectivity index (χ0v) is 7.83. The van der Waals surface area contributed by atoms with Crippen molar-refractivity contribution >= 4 is 5.97 Å². The minimum Gasteiger partial charge on any atom is -0.481 e. The van der Waals surface area contributed by atoms with Crippen LogP contribution in [0.4, 0.5) is 0 Å². The van der Waals surface area contributed by atoms with E-state index in [1.165, 1.54) is 24.8 Å². The van der Waals surface area contributed by atoms with E-state index in [-0.39, 0.29) is 5.92 Å². The molecule has 2 heteroatoms. The van der Waals surface area contributed by atoms with Crippen molar-refractivity contribution in [2.24, 2.45) is 11.8 Å². The first kappa shape index (κ1) is 8.79. The van der Waals surface area contributed by atoms with Gasteiger partial charge in [0, 0.05) is 0 Å². The molecular weight excluding hydrogens is 164 g/mol. The maximum Gasteiger partial charge on any atom is 0.310 e. The summed E-state index contributed by atoms with van der Waals surface area (Å²) in [5, 5.41) is 9.04. The molecule has 0 radical (unpaired) electrons. The SMILES string of the molecule is O=C(O)C1CCCC2CCCC=C21. The van der Waals surface area contributed by atoms with Crippen molar-refractivity contribution in [2.75, 3.05) is 0 Å². The zero-order chi connectivity index (χ0) is 9.26. The molecule has 0 spiro atoms. The summed E-state index contributed by atoms with van der Waals surface area (Å²) in [6.45, 7) is 0. The van der Waals surface area contributed by atoms with E-state index in [0.29, 0.717) is 5.92 Å². The van der Waals surface area contributed by atoms with Gasteiger partial charge in [-0.1, -0.05) is 18.1 Å². The van der Waals surface area contributed by atoms with Crippen molar-refractivity contribution in [1.29, 1.82) is 0 Å². The second-order valence-electron chi connectivity index (χ2n) is 4.15. The Bertz CT molecular complexity index is 242. The number of hydrogen-bond donors (Lipinski definition) is 1. The average Bonchev–Trinajstić information content (AvgIpc) is 2.17. The van der Waals surface area contributed by atoms with Gasteiger partial charge in [0.1, 0.15) is 0 Å². The van der Waals surface area contributed by atoms with E-state index < -0.39 is 5.97 Å². The number of aliphatic carboxylic acids is 1. The molecular formula is C11H16O2. The number of fused-ring (bicyclic) bond motifs is 1. The van der Waals surface area contributed by atoms with Gasteiger partial charge in [-0.3, -0.25) is 4.79 Å². The van der Waals surface area contributed by atoms with Crippen molar-refractivity contribution in [3.63, 3.8) is 0 Å². The van der Waals surface area contributed by atoms with E-state index in [9.17, 15) is 4.79 Å². The van der Waals surface area contributed by atoms with Crippen LogP contribution in [0.5, 0.6) is 0 Å². The molecule has 0 amide bonds. The molecule has 0 bridgehead atoms. The third-order valence-electron chi connectivity index (χ3n) is 3.35. The predicted molar refractivity (Wildman–Crippen MR) is 50.4 cm³/mol. The van der Waals surface area contributed by atoms with E-state index in [4.69, 9.17) is 5.11 Å². The maximum atomic E-state index is 11.0. The number of allylic oxidation sites excluding steroid dienone is 1. The standard InChI is InChI=1S/C11H16O2/c12-11(13)10-7-3-5-8-4-1-2-6-9(8)10/h6,8,10H,1-5,7H2,(H,12,13). The Hall–Kier alpha value is -0.790. The van der Waals surface area contributed by atoms with Gasteiger partial charge in [-0.2, -0.15) is 0 Å². The van der Waals surface area contributed by atoms with Gasteiger partial charge in [-0.15, -0.1) is 0 Å². The highest BCUT2D eigenvalue weighted by molar-refractivity contribution is 5.74. The normalized spacial score (nSPS) is 33.4. The summed E-state index contributed by atoms with van der Waals surface area (Å²) >= 11 is 0. The molecule has 2 nitrogen and oxygen atoms in total. The Morgan fingerprint density at radius 2 is 2.08 bits per heavy atom. The first-order valence-electron chi connectivity index (χ1n) is 5.22. The molecule has 1 saturated carbocycles. The van der Waals surface area contributed by atoms with Gasteiger partial charge in [0.2, 0.25) is 0 Å². The van der Waals surface area contributed by atoms with Crippen LogP contribution in [0.2, 0.25) is 0 Å². The largest absolute Gasteiger partial charge is 0.481 e. The maximum absolute atomic E-state index is 11.0. The topological polar surface area (TPSA) is 37.3 Å². The fourth-order valence-electron chi connectivity index (χ4n) is 2.71. The minimum atomic E-state index is -0.613. The highest BCUT2D eigenvalue weighted by atomic mass is 16.4. The third kappa shape index (κ3) is 1.62.